The lowest BCUT2D eigenvalue weighted by molar-refractivity contribution is 0.414. The van der Waals surface area contributed by atoms with Crippen molar-refractivity contribution in [2.75, 3.05) is 11.8 Å². The van der Waals surface area contributed by atoms with Crippen molar-refractivity contribution in [1.82, 2.24) is 4.98 Å². The van der Waals surface area contributed by atoms with Crippen LogP contribution in [0.4, 0.5) is 5.69 Å². The molecule has 7 heteroatoms. The first-order valence-electron chi connectivity index (χ1n) is 5.71. The zero-order valence-corrected chi connectivity index (χ0v) is 12.5. The number of benzene rings is 1. The van der Waals surface area contributed by atoms with Gasteiger partial charge in [-0.25, -0.2) is 13.4 Å². The second kappa shape index (κ2) is 5.68. The van der Waals surface area contributed by atoms with Gasteiger partial charge in [0.15, 0.2) is 0 Å². The number of hydrogen-bond donors (Lipinski definition) is 1. The topological polar surface area (TPSA) is 68.3 Å². The van der Waals surface area contributed by atoms with Gasteiger partial charge in [-0.3, -0.25) is 4.72 Å². The highest BCUT2D eigenvalue weighted by atomic mass is 35.5. The van der Waals surface area contributed by atoms with E-state index in [-0.39, 0.29) is 10.0 Å². The van der Waals surface area contributed by atoms with E-state index in [0.717, 1.165) is 5.56 Å². The van der Waals surface area contributed by atoms with Gasteiger partial charge in [-0.2, -0.15) is 0 Å². The number of halogens is 1. The molecule has 0 aliphatic carbocycles. The van der Waals surface area contributed by atoms with Crippen molar-refractivity contribution in [3.05, 3.63) is 47.2 Å². The normalized spacial score (nSPS) is 11.2. The Morgan fingerprint density at radius 1 is 1.25 bits per heavy atom. The Hall–Kier alpha value is -1.79. The van der Waals surface area contributed by atoms with Crippen LogP contribution in [0.3, 0.4) is 0 Å². The summed E-state index contributed by atoms with van der Waals surface area (Å²) >= 11 is 5.64. The van der Waals surface area contributed by atoms with Crippen LogP contribution in [-0.2, 0) is 10.0 Å². The average molecular weight is 313 g/mol. The highest BCUT2D eigenvalue weighted by Crippen LogP contribution is 2.23. The van der Waals surface area contributed by atoms with E-state index < -0.39 is 10.0 Å². The largest absolute Gasteiger partial charge is 0.497 e. The zero-order valence-electron chi connectivity index (χ0n) is 10.9. The van der Waals surface area contributed by atoms with Crippen molar-refractivity contribution < 1.29 is 13.2 Å². The molecule has 0 saturated carbocycles. The molecule has 2 aromatic rings. The third-order valence-electron chi connectivity index (χ3n) is 2.69. The van der Waals surface area contributed by atoms with Crippen LogP contribution in [0.2, 0.25) is 5.15 Å². The standard InChI is InChI=1S/C13H13ClN2O3S/c1-9-7-10(19-2)3-5-12(9)16-20(17,18)11-4-6-13(14)15-8-11/h3-8,16H,1-2H3. The van der Waals surface area contributed by atoms with Crippen molar-refractivity contribution in [2.45, 2.75) is 11.8 Å². The van der Waals surface area contributed by atoms with Crippen LogP contribution < -0.4 is 9.46 Å². The molecular formula is C13H13ClN2O3S. The molecule has 0 spiro atoms. The van der Waals surface area contributed by atoms with E-state index in [4.69, 9.17) is 16.3 Å². The van der Waals surface area contributed by atoms with Crippen LogP contribution in [-0.4, -0.2) is 20.5 Å². The molecular weight excluding hydrogens is 300 g/mol. The Labute approximate surface area is 122 Å². The second-order valence-electron chi connectivity index (χ2n) is 4.10. The van der Waals surface area contributed by atoms with Gasteiger partial charge < -0.3 is 4.74 Å². The number of methoxy groups -OCH3 is 1. The summed E-state index contributed by atoms with van der Waals surface area (Å²) in [6.45, 7) is 1.79. The molecule has 0 bridgehead atoms. The minimum absolute atomic E-state index is 0.0529. The summed E-state index contributed by atoms with van der Waals surface area (Å²) in [5.74, 6) is 0.665. The number of sulfonamides is 1. The molecule has 1 aromatic carbocycles. The van der Waals surface area contributed by atoms with Gasteiger partial charge >= 0.3 is 0 Å². The Balaban J connectivity index is 2.31. The minimum atomic E-state index is -3.68. The molecule has 0 radical (unpaired) electrons. The van der Waals surface area contributed by atoms with Gasteiger partial charge in [-0.05, 0) is 42.8 Å². The molecule has 1 aromatic heterocycles. The van der Waals surface area contributed by atoms with Crippen molar-refractivity contribution in [3.8, 4) is 5.75 Å². The molecule has 0 amide bonds. The number of pyridine rings is 1. The Kier molecular flexibility index (Phi) is 4.15. The van der Waals surface area contributed by atoms with Crippen LogP contribution >= 0.6 is 11.6 Å². The highest BCUT2D eigenvalue weighted by molar-refractivity contribution is 7.92. The average Bonchev–Trinajstić information content (AvgIpc) is 2.41. The Morgan fingerprint density at radius 2 is 2.00 bits per heavy atom. The molecule has 2 rings (SSSR count). The molecule has 1 N–H and O–H groups in total. The number of aryl methyl sites for hydroxylation is 1. The fourth-order valence-electron chi connectivity index (χ4n) is 1.60. The number of nitrogens with zero attached hydrogens (tertiary/aromatic N) is 1. The van der Waals surface area contributed by atoms with Crippen LogP contribution in [0.15, 0.2) is 41.4 Å². The molecule has 0 fully saturated rings. The minimum Gasteiger partial charge on any atom is -0.497 e. The van der Waals surface area contributed by atoms with Gasteiger partial charge in [0.1, 0.15) is 15.8 Å². The molecule has 0 unspecified atom stereocenters. The smallest absolute Gasteiger partial charge is 0.263 e. The lowest BCUT2D eigenvalue weighted by Crippen LogP contribution is -2.14. The summed E-state index contributed by atoms with van der Waals surface area (Å²) in [6.07, 6.45) is 1.21. The molecule has 0 aliphatic heterocycles. The quantitative estimate of drug-likeness (QED) is 0.881. The van der Waals surface area contributed by atoms with Crippen molar-refractivity contribution in [3.63, 3.8) is 0 Å². The molecule has 0 aliphatic rings. The van der Waals surface area contributed by atoms with Crippen molar-refractivity contribution in [1.29, 1.82) is 0 Å². The first-order chi connectivity index (χ1) is 9.42. The number of aromatic nitrogens is 1. The molecule has 20 heavy (non-hydrogen) atoms. The third-order valence-corrected chi connectivity index (χ3v) is 4.26. The van der Waals surface area contributed by atoms with Crippen LogP contribution in [0.1, 0.15) is 5.56 Å². The molecule has 5 nitrogen and oxygen atoms in total. The summed E-state index contributed by atoms with van der Waals surface area (Å²) in [4.78, 5) is 3.82. The lowest BCUT2D eigenvalue weighted by Gasteiger charge is -2.11. The maximum atomic E-state index is 12.2. The lowest BCUT2D eigenvalue weighted by atomic mass is 10.2. The van der Waals surface area contributed by atoms with Crippen LogP contribution in [0.25, 0.3) is 0 Å². The van der Waals surface area contributed by atoms with Crippen LogP contribution in [0, 0.1) is 6.92 Å². The van der Waals surface area contributed by atoms with E-state index in [1.165, 1.54) is 18.3 Å². The maximum Gasteiger partial charge on any atom is 0.263 e. The van der Waals surface area contributed by atoms with Crippen molar-refractivity contribution >= 4 is 27.3 Å². The molecule has 106 valence electrons. The highest BCUT2D eigenvalue weighted by Gasteiger charge is 2.15. The summed E-state index contributed by atoms with van der Waals surface area (Å²) < 4.78 is 32.0. The zero-order chi connectivity index (χ0) is 14.8. The SMILES string of the molecule is COc1ccc(NS(=O)(=O)c2ccc(Cl)nc2)c(C)c1. The summed E-state index contributed by atoms with van der Waals surface area (Å²) in [5, 5.41) is 0.240. The van der Waals surface area contributed by atoms with Crippen LogP contribution in [0.5, 0.6) is 5.75 Å². The van der Waals surface area contributed by atoms with E-state index >= 15 is 0 Å². The first kappa shape index (κ1) is 14.6. The summed E-state index contributed by atoms with van der Waals surface area (Å²) in [5.41, 5.74) is 1.25. The fourth-order valence-corrected chi connectivity index (χ4v) is 2.79. The predicted molar refractivity (Wildman–Crippen MR) is 77.8 cm³/mol. The number of anilines is 1. The van der Waals surface area contributed by atoms with E-state index in [1.54, 1.807) is 32.2 Å². The van der Waals surface area contributed by atoms with Gasteiger partial charge in [0.05, 0.1) is 12.8 Å². The Morgan fingerprint density at radius 3 is 2.55 bits per heavy atom. The van der Waals surface area contributed by atoms with E-state index in [2.05, 4.69) is 9.71 Å². The van der Waals surface area contributed by atoms with Gasteiger partial charge in [0.2, 0.25) is 0 Å². The molecule has 1 heterocycles. The van der Waals surface area contributed by atoms with E-state index in [0.29, 0.717) is 11.4 Å². The molecule has 0 saturated heterocycles. The number of hydrogen-bond acceptors (Lipinski definition) is 4. The van der Waals surface area contributed by atoms with Gasteiger partial charge in [-0.1, -0.05) is 11.6 Å². The fraction of sp³-hybridized carbons (Fsp3) is 0.154. The maximum absolute atomic E-state index is 12.2. The van der Waals surface area contributed by atoms with E-state index in [1.807, 2.05) is 0 Å². The van der Waals surface area contributed by atoms with Gasteiger partial charge in [-0.15, -0.1) is 0 Å². The monoisotopic (exact) mass is 312 g/mol. The predicted octanol–water partition coefficient (Wildman–Crippen LogP) is 2.85. The number of nitrogens with one attached hydrogen (secondary N) is 1. The van der Waals surface area contributed by atoms with E-state index in [9.17, 15) is 8.42 Å². The second-order valence-corrected chi connectivity index (χ2v) is 6.17. The van der Waals surface area contributed by atoms with Gasteiger partial charge in [0, 0.05) is 6.20 Å². The summed E-state index contributed by atoms with van der Waals surface area (Å²) in [6, 6.07) is 7.91. The first-order valence-corrected chi connectivity index (χ1v) is 7.57. The molecule has 0 atom stereocenters. The van der Waals surface area contributed by atoms with Crippen molar-refractivity contribution in [2.24, 2.45) is 0 Å². The third kappa shape index (κ3) is 3.20. The number of rotatable bonds is 4. The summed E-state index contributed by atoms with van der Waals surface area (Å²) in [7, 11) is -2.13. The Bertz CT molecular complexity index is 715. The van der Waals surface area contributed by atoms with Gasteiger partial charge in [0.25, 0.3) is 10.0 Å². The number of ether oxygens (including phenoxy) is 1.